The Hall–Kier alpha value is -0.780. The van der Waals surface area contributed by atoms with Crippen LogP contribution in [0.4, 0.5) is 0 Å². The molecule has 0 bridgehead atoms. The standard InChI is InChI=1S/C16H25N3.HI/c1-5-17-15(19-16(2,3)4)18-14-11-13(14)12-9-7-6-8-10-12;/h6-10,13-14H,5,11H2,1-4H3,(H2,17,18,19);1H. The largest absolute Gasteiger partial charge is 0.353 e. The van der Waals surface area contributed by atoms with E-state index in [0.29, 0.717) is 12.0 Å². The fraction of sp³-hybridized carbons (Fsp3) is 0.562. The number of nitrogens with zero attached hydrogens (tertiary/aromatic N) is 1. The van der Waals surface area contributed by atoms with Crippen molar-refractivity contribution in [3.8, 4) is 0 Å². The molecule has 0 saturated heterocycles. The zero-order valence-electron chi connectivity index (χ0n) is 12.8. The predicted octanol–water partition coefficient (Wildman–Crippen LogP) is 3.51. The van der Waals surface area contributed by atoms with Crippen LogP contribution in [0.2, 0.25) is 0 Å². The second-order valence-electron chi connectivity index (χ2n) is 6.20. The van der Waals surface area contributed by atoms with Crippen LogP contribution in [-0.2, 0) is 0 Å². The van der Waals surface area contributed by atoms with E-state index < -0.39 is 0 Å². The zero-order chi connectivity index (χ0) is 13.9. The molecule has 4 heteroatoms. The lowest BCUT2D eigenvalue weighted by molar-refractivity contribution is 0.500. The molecule has 112 valence electrons. The molecular weight excluding hydrogens is 361 g/mol. The summed E-state index contributed by atoms with van der Waals surface area (Å²) in [6, 6.07) is 11.2. The van der Waals surface area contributed by atoms with Crippen LogP contribution in [0.25, 0.3) is 0 Å². The predicted molar refractivity (Wildman–Crippen MR) is 97.0 cm³/mol. The molecule has 0 aliphatic heterocycles. The minimum Gasteiger partial charge on any atom is -0.353 e. The first kappa shape index (κ1) is 17.3. The third-order valence-electron chi connectivity index (χ3n) is 3.15. The molecule has 2 rings (SSSR count). The van der Waals surface area contributed by atoms with Gasteiger partial charge in [-0.25, -0.2) is 0 Å². The van der Waals surface area contributed by atoms with Crippen LogP contribution in [0.3, 0.4) is 0 Å². The first-order valence-corrected chi connectivity index (χ1v) is 7.13. The third kappa shape index (κ3) is 5.31. The van der Waals surface area contributed by atoms with Gasteiger partial charge in [-0.3, -0.25) is 4.99 Å². The summed E-state index contributed by atoms with van der Waals surface area (Å²) in [5.74, 6) is 1.56. The molecule has 0 aromatic heterocycles. The van der Waals surface area contributed by atoms with Gasteiger partial charge in [0, 0.05) is 24.0 Å². The molecule has 1 aliphatic carbocycles. The van der Waals surface area contributed by atoms with E-state index in [1.807, 2.05) is 0 Å². The average Bonchev–Trinajstić information content (AvgIpc) is 3.08. The van der Waals surface area contributed by atoms with Gasteiger partial charge in [-0.15, -0.1) is 24.0 Å². The van der Waals surface area contributed by atoms with Crippen LogP contribution in [0.1, 0.15) is 45.6 Å². The highest BCUT2D eigenvalue weighted by Gasteiger charge is 2.39. The number of hydrogen-bond donors (Lipinski definition) is 2. The van der Waals surface area contributed by atoms with Gasteiger partial charge >= 0.3 is 0 Å². The van der Waals surface area contributed by atoms with Gasteiger partial charge in [-0.05, 0) is 39.7 Å². The number of nitrogens with one attached hydrogen (secondary N) is 2. The molecule has 1 fully saturated rings. The molecule has 1 aromatic carbocycles. The number of guanidine groups is 1. The maximum absolute atomic E-state index is 4.51. The molecule has 0 amide bonds. The van der Waals surface area contributed by atoms with Gasteiger partial charge in [0.2, 0.25) is 0 Å². The van der Waals surface area contributed by atoms with E-state index in [1.165, 1.54) is 12.0 Å². The van der Waals surface area contributed by atoms with E-state index in [1.54, 1.807) is 0 Å². The molecule has 20 heavy (non-hydrogen) atoms. The number of benzene rings is 1. The topological polar surface area (TPSA) is 36.4 Å². The van der Waals surface area contributed by atoms with Gasteiger partial charge < -0.3 is 10.6 Å². The summed E-state index contributed by atoms with van der Waals surface area (Å²) in [6.45, 7) is 9.33. The summed E-state index contributed by atoms with van der Waals surface area (Å²) < 4.78 is 0. The Bertz CT molecular complexity index is 437. The fourth-order valence-electron chi connectivity index (χ4n) is 2.23. The van der Waals surface area contributed by atoms with Crippen molar-refractivity contribution in [3.63, 3.8) is 0 Å². The van der Waals surface area contributed by atoms with Crippen molar-refractivity contribution in [2.24, 2.45) is 4.99 Å². The van der Waals surface area contributed by atoms with Crippen LogP contribution < -0.4 is 10.6 Å². The Kier molecular flexibility index (Phi) is 6.30. The van der Waals surface area contributed by atoms with E-state index in [2.05, 4.69) is 73.7 Å². The summed E-state index contributed by atoms with van der Waals surface area (Å²) in [6.07, 6.45) is 1.19. The van der Waals surface area contributed by atoms with Gasteiger partial charge in [0.25, 0.3) is 0 Å². The van der Waals surface area contributed by atoms with Gasteiger partial charge in [0.1, 0.15) is 0 Å². The zero-order valence-corrected chi connectivity index (χ0v) is 15.1. The van der Waals surface area contributed by atoms with Crippen molar-refractivity contribution in [1.82, 2.24) is 10.6 Å². The summed E-state index contributed by atoms with van der Waals surface area (Å²) in [7, 11) is 0. The van der Waals surface area contributed by atoms with E-state index in [0.717, 1.165) is 12.5 Å². The SMILES string of the molecule is CCN=C(NC1CC1c1ccccc1)NC(C)(C)C.I. The van der Waals surface area contributed by atoms with Crippen LogP contribution in [-0.4, -0.2) is 24.1 Å². The van der Waals surface area contributed by atoms with Gasteiger partial charge in [0.15, 0.2) is 5.96 Å². The molecule has 1 aliphatic rings. The fourth-order valence-corrected chi connectivity index (χ4v) is 2.23. The molecule has 0 spiro atoms. The second-order valence-corrected chi connectivity index (χ2v) is 6.20. The molecule has 1 aromatic rings. The minimum absolute atomic E-state index is 0. The first-order chi connectivity index (χ1) is 8.99. The van der Waals surface area contributed by atoms with Crippen LogP contribution in [0, 0.1) is 0 Å². The maximum Gasteiger partial charge on any atom is 0.191 e. The minimum atomic E-state index is 0. The number of aliphatic imine (C=N–C) groups is 1. The molecule has 1 saturated carbocycles. The van der Waals surface area contributed by atoms with Gasteiger partial charge in [-0.2, -0.15) is 0 Å². The third-order valence-corrected chi connectivity index (χ3v) is 3.15. The summed E-state index contributed by atoms with van der Waals surface area (Å²) >= 11 is 0. The monoisotopic (exact) mass is 387 g/mol. The lowest BCUT2D eigenvalue weighted by atomic mass is 10.1. The highest BCUT2D eigenvalue weighted by Crippen LogP contribution is 2.40. The lowest BCUT2D eigenvalue weighted by Crippen LogP contribution is -2.48. The summed E-state index contributed by atoms with van der Waals surface area (Å²) in [5, 5.41) is 6.98. The average molecular weight is 387 g/mol. The Balaban J connectivity index is 0.00000200. The Labute approximate surface area is 139 Å². The molecule has 2 atom stereocenters. The van der Waals surface area contributed by atoms with Crippen molar-refractivity contribution >= 4 is 29.9 Å². The highest BCUT2D eigenvalue weighted by atomic mass is 127. The second kappa shape index (κ2) is 7.29. The first-order valence-electron chi connectivity index (χ1n) is 7.13. The Morgan fingerprint density at radius 2 is 1.90 bits per heavy atom. The van der Waals surface area contributed by atoms with E-state index in [9.17, 15) is 0 Å². The molecule has 2 unspecified atom stereocenters. The number of rotatable bonds is 3. The summed E-state index contributed by atoms with van der Waals surface area (Å²) in [4.78, 5) is 4.51. The highest BCUT2D eigenvalue weighted by molar-refractivity contribution is 14.0. The Morgan fingerprint density at radius 3 is 2.45 bits per heavy atom. The lowest BCUT2D eigenvalue weighted by Gasteiger charge is -2.24. The van der Waals surface area contributed by atoms with Crippen molar-refractivity contribution in [1.29, 1.82) is 0 Å². The van der Waals surface area contributed by atoms with Crippen LogP contribution >= 0.6 is 24.0 Å². The van der Waals surface area contributed by atoms with E-state index >= 15 is 0 Å². The molecule has 2 N–H and O–H groups in total. The Morgan fingerprint density at radius 1 is 1.25 bits per heavy atom. The number of halogens is 1. The molecule has 0 heterocycles. The summed E-state index contributed by atoms with van der Waals surface area (Å²) in [5.41, 5.74) is 1.46. The van der Waals surface area contributed by atoms with Crippen molar-refractivity contribution < 1.29 is 0 Å². The quantitative estimate of drug-likeness (QED) is 0.473. The smallest absolute Gasteiger partial charge is 0.191 e. The molecule has 0 radical (unpaired) electrons. The normalized spacial score (nSPS) is 21.9. The van der Waals surface area contributed by atoms with Crippen molar-refractivity contribution in [3.05, 3.63) is 35.9 Å². The van der Waals surface area contributed by atoms with Gasteiger partial charge in [-0.1, -0.05) is 30.3 Å². The van der Waals surface area contributed by atoms with Crippen LogP contribution in [0.5, 0.6) is 0 Å². The van der Waals surface area contributed by atoms with Crippen LogP contribution in [0.15, 0.2) is 35.3 Å². The molecular formula is C16H26IN3. The van der Waals surface area contributed by atoms with Gasteiger partial charge in [0.05, 0.1) is 0 Å². The van der Waals surface area contributed by atoms with Crippen molar-refractivity contribution in [2.75, 3.05) is 6.54 Å². The van der Waals surface area contributed by atoms with Crippen molar-refractivity contribution in [2.45, 2.75) is 51.6 Å². The number of hydrogen-bond acceptors (Lipinski definition) is 1. The maximum atomic E-state index is 4.51. The molecule has 3 nitrogen and oxygen atoms in total. The van der Waals surface area contributed by atoms with E-state index in [4.69, 9.17) is 0 Å². The van der Waals surface area contributed by atoms with E-state index in [-0.39, 0.29) is 29.5 Å².